The van der Waals surface area contributed by atoms with E-state index in [2.05, 4.69) is 0 Å². The molecule has 4 heterocycles. The molecule has 12 aromatic carbocycles. The number of carbonyl (C=O) groups excluding carboxylic acids is 8. The summed E-state index contributed by atoms with van der Waals surface area (Å²) in [5.74, 6) is -9.67. The molecule has 4 aliphatic heterocycles. The monoisotopic (exact) mass is 1490 g/mol. The molecule has 12 nitrogen and oxygen atoms in total. The molecule has 12 aromatic rings. The van der Waals surface area contributed by atoms with Gasteiger partial charge in [0, 0.05) is 14.1 Å². The third kappa shape index (κ3) is 9.80. The van der Waals surface area contributed by atoms with Gasteiger partial charge in [-0.15, -0.1) is 0 Å². The number of benzene rings is 12. The van der Waals surface area contributed by atoms with Gasteiger partial charge in [0.05, 0.1) is 66.7 Å². The quantitative estimate of drug-likeness (QED) is 0.102. The maximum absolute atomic E-state index is 16.7. The largest absolute Gasteiger partial charge is 0.411 e. The molecule has 6 aliphatic rings. The van der Waals surface area contributed by atoms with Gasteiger partial charge in [-0.25, -0.2) is 27.4 Å². The first kappa shape index (κ1) is 70.5. The Balaban J connectivity index is 0.000000163. The van der Waals surface area contributed by atoms with Crippen LogP contribution in [0, 0.1) is 37.1 Å². The molecule has 0 aromatic heterocycles. The van der Waals surface area contributed by atoms with Gasteiger partial charge in [0.15, 0.2) is 0 Å². The van der Waals surface area contributed by atoms with Crippen LogP contribution in [0.1, 0.15) is 150 Å². The Hall–Kier alpha value is -13.5. The molecule has 0 atom stereocenters. The van der Waals surface area contributed by atoms with Crippen LogP contribution in [0.2, 0.25) is 0 Å². The summed E-state index contributed by atoms with van der Waals surface area (Å²) in [7, 11) is 2.43. The number of imide groups is 4. The topological polar surface area (TPSA) is 150 Å². The molecule has 0 saturated carbocycles. The highest BCUT2D eigenvalue weighted by Gasteiger charge is 2.73. The highest BCUT2D eigenvalue weighted by Crippen LogP contribution is 2.61. The van der Waals surface area contributed by atoms with Crippen LogP contribution in [0.5, 0.6) is 0 Å². The summed E-state index contributed by atoms with van der Waals surface area (Å²) in [4.78, 5) is 108. The van der Waals surface area contributed by atoms with Crippen LogP contribution in [0.25, 0.3) is 33.4 Å². The summed E-state index contributed by atoms with van der Waals surface area (Å²) < 4.78 is 155. The van der Waals surface area contributed by atoms with Gasteiger partial charge in [-0.05, 0) is 199 Å². The number of hydrogen-bond donors (Lipinski definition) is 0. The SMILES string of the molecule is Cc1ccc(C2(c3ccc(N4C(=O)c5ccc(-c6ccc7c(c6)C(=O)N(C)C7=O)cc5C4=O)c(F)c3)c3ccccc3-c3ccccc32)cc1F.Cc1ccc(C2(c3ccc(N4C(=O)c5ccc(C(c6ccc7c(c6)C(=O)N(C)C7=O)(C(F)(F)F)C(F)(F)F)cc5C4=O)c(F)c3)c3ccccc3-c3ccccc32)cc1F. The summed E-state index contributed by atoms with van der Waals surface area (Å²) in [5, 5.41) is 0. The second-order valence-electron chi connectivity index (χ2n) is 28.0. The van der Waals surface area contributed by atoms with Crippen molar-refractivity contribution < 1.29 is 82.3 Å². The lowest BCUT2D eigenvalue weighted by Crippen LogP contribution is -2.55. The molecule has 0 N–H and O–H groups in total. The van der Waals surface area contributed by atoms with Crippen molar-refractivity contribution in [3.63, 3.8) is 0 Å². The second-order valence-corrected chi connectivity index (χ2v) is 28.0. The number of nitrogens with zero attached hydrogens (tertiary/aromatic N) is 4. The van der Waals surface area contributed by atoms with Gasteiger partial charge in [0.25, 0.3) is 47.3 Å². The van der Waals surface area contributed by atoms with Crippen LogP contribution in [0.15, 0.2) is 243 Å². The second kappa shape index (κ2) is 24.8. The van der Waals surface area contributed by atoms with E-state index in [1.165, 1.54) is 43.4 Å². The minimum Gasteiger partial charge on any atom is -0.277 e. The van der Waals surface area contributed by atoms with Gasteiger partial charge in [-0.1, -0.05) is 158 Å². The maximum Gasteiger partial charge on any atom is 0.411 e. The fourth-order valence-electron chi connectivity index (χ4n) is 17.0. The average Bonchev–Trinajstić information content (AvgIpc) is 1.56. The van der Waals surface area contributed by atoms with Crippen molar-refractivity contribution in [2.75, 3.05) is 23.9 Å². The van der Waals surface area contributed by atoms with E-state index >= 15 is 43.9 Å². The first-order chi connectivity index (χ1) is 53.0. The van der Waals surface area contributed by atoms with Crippen LogP contribution in [0.3, 0.4) is 0 Å². The van der Waals surface area contributed by atoms with E-state index in [9.17, 15) is 38.4 Å². The molecule has 8 amide bonds. The molecule has 0 saturated heterocycles. The van der Waals surface area contributed by atoms with Crippen molar-refractivity contribution in [1.29, 1.82) is 0 Å². The number of fused-ring (bicyclic) bond motifs is 10. The normalized spacial score (nSPS) is 15.5. The first-order valence-electron chi connectivity index (χ1n) is 34.6. The van der Waals surface area contributed by atoms with Crippen LogP contribution >= 0.6 is 0 Å². The minimum atomic E-state index is -6.16. The van der Waals surface area contributed by atoms with E-state index in [0.717, 1.165) is 62.4 Å². The zero-order chi connectivity index (χ0) is 78.2. The van der Waals surface area contributed by atoms with Gasteiger partial charge in [0.1, 0.15) is 23.3 Å². The lowest BCUT2D eigenvalue weighted by Gasteiger charge is -2.38. The summed E-state index contributed by atoms with van der Waals surface area (Å²) in [6.45, 7) is 3.28. The molecule has 18 rings (SSSR count). The van der Waals surface area contributed by atoms with Gasteiger partial charge in [-0.3, -0.25) is 48.2 Å². The standard InChI is InChI=1S/C46H26F8N2O4.C43H26F2N2O4/c1-23-11-12-24(21-36(23)47)43(34-9-5-3-7-28(34)29-8-4-6-10-35(29)43)25-15-18-38(37(48)22-25)56-41(59)31-17-14-27(20-33(31)42(56)60)44(45(49,50)51,46(52,53)54)26-13-16-30-32(19-26)40(58)55(2)39(30)57;1-23-11-14-26(21-36(23)44)43(34-9-5-3-7-28(34)29-8-4-6-10-35(29)43)27-15-18-38(37(45)22-27)47-41(50)31-17-13-25(20-33(31)42(47)51)24-12-16-30-32(19-24)40(49)46(2)39(30)48/h3-22H,1-2H3;3-22H,1-2H3. The first-order valence-corrected chi connectivity index (χ1v) is 34.6. The van der Waals surface area contributed by atoms with E-state index in [4.69, 9.17) is 0 Å². The van der Waals surface area contributed by atoms with Crippen molar-refractivity contribution >= 4 is 58.6 Å². The van der Waals surface area contributed by atoms with E-state index in [0.29, 0.717) is 102 Å². The number of aryl methyl sites for hydroxylation is 2. The molecule has 0 unspecified atom stereocenters. The van der Waals surface area contributed by atoms with Crippen molar-refractivity contribution in [1.82, 2.24) is 9.80 Å². The third-order valence-corrected chi connectivity index (χ3v) is 22.4. The van der Waals surface area contributed by atoms with Crippen LogP contribution in [-0.2, 0) is 16.2 Å². The number of amides is 8. The number of halogens is 10. The van der Waals surface area contributed by atoms with Crippen LogP contribution < -0.4 is 9.80 Å². The molecule has 0 radical (unpaired) electrons. The minimum absolute atomic E-state index is 0.0891. The fourth-order valence-corrected chi connectivity index (χ4v) is 17.0. The Bertz CT molecular complexity index is 6160. The fraction of sp³-hybridized carbons (Fsp3) is 0.101. The van der Waals surface area contributed by atoms with Crippen molar-refractivity contribution in [2.45, 2.75) is 42.4 Å². The lowest BCUT2D eigenvalue weighted by molar-refractivity contribution is -0.288. The highest BCUT2D eigenvalue weighted by atomic mass is 19.4. The number of hydrogen-bond acceptors (Lipinski definition) is 8. The van der Waals surface area contributed by atoms with Gasteiger partial charge >= 0.3 is 12.4 Å². The molecule has 2 aliphatic carbocycles. The van der Waals surface area contributed by atoms with E-state index in [-0.39, 0.29) is 33.8 Å². The van der Waals surface area contributed by atoms with Crippen molar-refractivity contribution in [2.24, 2.45) is 0 Å². The number of alkyl halides is 6. The van der Waals surface area contributed by atoms with Crippen molar-refractivity contribution in [3.8, 4) is 33.4 Å². The Morgan fingerprint density at radius 2 is 0.541 bits per heavy atom. The summed E-state index contributed by atoms with van der Waals surface area (Å²) in [6.07, 6.45) is -12.3. The Labute approximate surface area is 624 Å². The predicted octanol–water partition coefficient (Wildman–Crippen LogP) is 18.4. The molecule has 0 bridgehead atoms. The zero-order valence-corrected chi connectivity index (χ0v) is 58.4. The van der Waals surface area contributed by atoms with E-state index in [1.54, 1.807) is 80.6 Å². The number of rotatable bonds is 9. The molecule has 22 heteroatoms. The number of carbonyl (C=O) groups is 8. The Morgan fingerprint density at radius 3 is 0.874 bits per heavy atom. The molecule has 111 heavy (non-hydrogen) atoms. The summed E-state index contributed by atoms with van der Waals surface area (Å²) in [5.41, 5.74) is -2.54. The van der Waals surface area contributed by atoms with Crippen molar-refractivity contribution in [3.05, 3.63) is 377 Å². The van der Waals surface area contributed by atoms with E-state index < -0.39 is 132 Å². The molecule has 0 fully saturated rings. The van der Waals surface area contributed by atoms with E-state index in [1.807, 2.05) is 91.0 Å². The molecule has 0 spiro atoms. The Kier molecular flexibility index (Phi) is 15.7. The van der Waals surface area contributed by atoms with Gasteiger partial charge in [0.2, 0.25) is 5.41 Å². The summed E-state index contributed by atoms with van der Waals surface area (Å²) >= 11 is 0. The third-order valence-electron chi connectivity index (χ3n) is 22.4. The van der Waals surface area contributed by atoms with Gasteiger partial charge in [-0.2, -0.15) is 26.3 Å². The van der Waals surface area contributed by atoms with Crippen LogP contribution in [0.4, 0.5) is 55.3 Å². The summed E-state index contributed by atoms with van der Waals surface area (Å²) in [6, 6.07) is 60.3. The van der Waals surface area contributed by atoms with Gasteiger partial charge < -0.3 is 0 Å². The Morgan fingerprint density at radius 1 is 0.270 bits per heavy atom. The number of anilines is 2. The maximum atomic E-state index is 16.7. The molecule has 546 valence electrons. The smallest absolute Gasteiger partial charge is 0.277 e. The lowest BCUT2D eigenvalue weighted by atomic mass is 9.67. The average molecular weight is 1500 g/mol. The highest BCUT2D eigenvalue weighted by molar-refractivity contribution is 6.36. The molecular weight excluding hydrogens is 1440 g/mol. The van der Waals surface area contributed by atoms with Crippen LogP contribution in [-0.4, -0.2) is 83.5 Å². The zero-order valence-electron chi connectivity index (χ0n) is 58.4. The predicted molar refractivity (Wildman–Crippen MR) is 390 cm³/mol. The molecular formula is C89H52F10N4O8.